The number of ether oxygens (including phenoxy) is 2. The van der Waals surface area contributed by atoms with Crippen LogP contribution in [-0.4, -0.2) is 67.3 Å². The molecular formula is C27H39FN4O3. The van der Waals surface area contributed by atoms with Crippen LogP contribution in [0.5, 0.6) is 0 Å². The van der Waals surface area contributed by atoms with Gasteiger partial charge < -0.3 is 30.5 Å². The molecule has 192 valence electrons. The Hall–Kier alpha value is -2.26. The van der Waals surface area contributed by atoms with Gasteiger partial charge in [-0.3, -0.25) is 0 Å². The highest BCUT2D eigenvalue weighted by Crippen LogP contribution is 2.29. The summed E-state index contributed by atoms with van der Waals surface area (Å²) in [6.45, 7) is 4.44. The Morgan fingerprint density at radius 3 is 2.66 bits per heavy atom. The highest BCUT2D eigenvalue weighted by molar-refractivity contribution is 5.70. The summed E-state index contributed by atoms with van der Waals surface area (Å²) < 4.78 is 25.3. The van der Waals surface area contributed by atoms with E-state index in [1.807, 2.05) is 24.3 Å². The van der Waals surface area contributed by atoms with Crippen LogP contribution in [0.25, 0.3) is 11.1 Å². The zero-order valence-corrected chi connectivity index (χ0v) is 20.9. The van der Waals surface area contributed by atoms with Crippen molar-refractivity contribution >= 4 is 11.5 Å². The summed E-state index contributed by atoms with van der Waals surface area (Å²) in [6.07, 6.45) is 6.77. The van der Waals surface area contributed by atoms with Crippen LogP contribution in [-0.2, 0) is 9.47 Å². The molecule has 0 unspecified atom stereocenters. The number of anilines is 2. The summed E-state index contributed by atoms with van der Waals surface area (Å²) in [5.41, 5.74) is 1.36. The fraction of sp³-hybridized carbons (Fsp3) is 0.593. The Kier molecular flexibility index (Phi) is 8.94. The summed E-state index contributed by atoms with van der Waals surface area (Å²) >= 11 is 0. The fourth-order valence-corrected chi connectivity index (χ4v) is 5.04. The topological polar surface area (TPSA) is 87.7 Å². The average molecular weight is 487 g/mol. The number of hydrogen-bond acceptors (Lipinski definition) is 7. The lowest BCUT2D eigenvalue weighted by atomic mass is 9.90. The smallest absolute Gasteiger partial charge is 0.149 e. The lowest BCUT2D eigenvalue weighted by Gasteiger charge is -2.32. The summed E-state index contributed by atoms with van der Waals surface area (Å²) in [6, 6.07) is 10.6. The molecule has 1 aromatic carbocycles. The van der Waals surface area contributed by atoms with Gasteiger partial charge in [0.2, 0.25) is 0 Å². The molecule has 8 heteroatoms. The summed E-state index contributed by atoms with van der Waals surface area (Å²) in [4.78, 5) is 4.30. The van der Waals surface area contributed by atoms with Crippen LogP contribution in [0, 0.1) is 5.82 Å². The Morgan fingerprint density at radius 2 is 1.91 bits per heavy atom. The third-order valence-electron chi connectivity index (χ3n) is 7.09. The molecule has 1 saturated carbocycles. The van der Waals surface area contributed by atoms with Gasteiger partial charge in [-0.1, -0.05) is 12.1 Å². The molecule has 2 aliphatic rings. The van der Waals surface area contributed by atoms with Gasteiger partial charge in [0.15, 0.2) is 0 Å². The predicted molar refractivity (Wildman–Crippen MR) is 137 cm³/mol. The molecule has 4 rings (SSSR count). The molecule has 0 spiro atoms. The van der Waals surface area contributed by atoms with Crippen molar-refractivity contribution in [1.29, 1.82) is 0 Å². The number of aliphatic hydroxyl groups is 1. The maximum Gasteiger partial charge on any atom is 0.149 e. The molecule has 0 radical (unpaired) electrons. The molecule has 1 aliphatic carbocycles. The van der Waals surface area contributed by atoms with Gasteiger partial charge in [-0.2, -0.15) is 0 Å². The number of nitrogens with zero attached hydrogens (tertiary/aromatic N) is 1. The SMILES string of the molecule is COC[C@@H](C)N[C@H]1CC[C@H](Nc2cc(-c3cccc(NCC4(O)CCOCC4)c3)c(F)cn2)CC1. The van der Waals surface area contributed by atoms with E-state index in [0.717, 1.165) is 36.9 Å². The van der Waals surface area contributed by atoms with Gasteiger partial charge in [-0.15, -0.1) is 0 Å². The van der Waals surface area contributed by atoms with Crippen molar-refractivity contribution in [1.82, 2.24) is 10.3 Å². The van der Waals surface area contributed by atoms with Crippen LogP contribution < -0.4 is 16.0 Å². The minimum absolute atomic E-state index is 0.324. The van der Waals surface area contributed by atoms with Crippen molar-refractivity contribution in [2.24, 2.45) is 0 Å². The van der Waals surface area contributed by atoms with E-state index in [1.54, 1.807) is 13.2 Å². The van der Waals surface area contributed by atoms with Gasteiger partial charge in [-0.25, -0.2) is 9.37 Å². The van der Waals surface area contributed by atoms with Gasteiger partial charge in [0.25, 0.3) is 0 Å². The Morgan fingerprint density at radius 1 is 1.17 bits per heavy atom. The Balaban J connectivity index is 1.36. The number of pyridine rings is 1. The molecular weight excluding hydrogens is 447 g/mol. The number of benzene rings is 1. The normalized spacial score (nSPS) is 23.0. The van der Waals surface area contributed by atoms with Crippen molar-refractivity contribution in [3.05, 3.63) is 42.3 Å². The van der Waals surface area contributed by atoms with E-state index in [-0.39, 0.29) is 5.82 Å². The van der Waals surface area contributed by atoms with E-state index in [1.165, 1.54) is 6.20 Å². The van der Waals surface area contributed by atoms with Crippen molar-refractivity contribution in [2.75, 3.05) is 44.1 Å². The Labute approximate surface area is 207 Å². The van der Waals surface area contributed by atoms with E-state index >= 15 is 0 Å². The van der Waals surface area contributed by atoms with Crippen LogP contribution in [0.3, 0.4) is 0 Å². The molecule has 4 N–H and O–H groups in total. The van der Waals surface area contributed by atoms with E-state index in [4.69, 9.17) is 9.47 Å². The largest absolute Gasteiger partial charge is 0.388 e. The number of methoxy groups -OCH3 is 1. The maximum absolute atomic E-state index is 14.8. The fourth-order valence-electron chi connectivity index (χ4n) is 5.04. The van der Waals surface area contributed by atoms with Gasteiger partial charge in [0.1, 0.15) is 11.6 Å². The lowest BCUT2D eigenvalue weighted by Crippen LogP contribution is -2.42. The molecule has 1 atom stereocenters. The number of aromatic nitrogens is 1. The summed E-state index contributed by atoms with van der Waals surface area (Å²) in [5, 5.41) is 21.2. The molecule has 1 aromatic heterocycles. The number of halogens is 1. The third kappa shape index (κ3) is 7.36. The maximum atomic E-state index is 14.8. The van der Waals surface area contributed by atoms with Crippen LogP contribution in [0.4, 0.5) is 15.9 Å². The second-order valence-electron chi connectivity index (χ2n) is 10.0. The first-order valence-electron chi connectivity index (χ1n) is 12.8. The highest BCUT2D eigenvalue weighted by atomic mass is 19.1. The quantitative estimate of drug-likeness (QED) is 0.401. The van der Waals surface area contributed by atoms with Gasteiger partial charge in [0, 0.05) is 69.1 Å². The second kappa shape index (κ2) is 12.1. The third-order valence-corrected chi connectivity index (χ3v) is 7.09. The van der Waals surface area contributed by atoms with E-state index in [0.29, 0.717) is 68.7 Å². The van der Waals surface area contributed by atoms with E-state index in [2.05, 4.69) is 27.9 Å². The van der Waals surface area contributed by atoms with Gasteiger partial charge in [0.05, 0.1) is 18.4 Å². The molecule has 2 heterocycles. The van der Waals surface area contributed by atoms with Crippen LogP contribution in [0.2, 0.25) is 0 Å². The predicted octanol–water partition coefficient (Wildman–Crippen LogP) is 4.19. The van der Waals surface area contributed by atoms with Gasteiger partial charge >= 0.3 is 0 Å². The molecule has 0 bridgehead atoms. The molecule has 7 nitrogen and oxygen atoms in total. The Bertz CT molecular complexity index is 946. The van der Waals surface area contributed by atoms with Crippen LogP contribution >= 0.6 is 0 Å². The van der Waals surface area contributed by atoms with Gasteiger partial charge in [-0.05, 0) is 56.4 Å². The minimum atomic E-state index is -0.774. The first-order valence-corrected chi connectivity index (χ1v) is 12.8. The van der Waals surface area contributed by atoms with Crippen LogP contribution in [0.15, 0.2) is 36.5 Å². The monoisotopic (exact) mass is 486 g/mol. The zero-order chi connectivity index (χ0) is 24.7. The summed E-state index contributed by atoms with van der Waals surface area (Å²) in [5.74, 6) is 0.344. The van der Waals surface area contributed by atoms with E-state index in [9.17, 15) is 9.50 Å². The van der Waals surface area contributed by atoms with Crippen LogP contribution in [0.1, 0.15) is 45.4 Å². The number of nitrogens with one attached hydrogen (secondary N) is 3. The summed E-state index contributed by atoms with van der Waals surface area (Å²) in [7, 11) is 1.73. The molecule has 0 amide bonds. The molecule has 1 aliphatic heterocycles. The number of rotatable bonds is 10. The number of hydrogen-bond donors (Lipinski definition) is 4. The average Bonchev–Trinajstić information content (AvgIpc) is 2.86. The molecule has 1 saturated heterocycles. The first kappa shape index (κ1) is 25.8. The first-order chi connectivity index (χ1) is 16.9. The van der Waals surface area contributed by atoms with Crippen molar-refractivity contribution in [3.8, 4) is 11.1 Å². The lowest BCUT2D eigenvalue weighted by molar-refractivity contribution is -0.0543. The molecule has 2 fully saturated rings. The molecule has 2 aromatic rings. The minimum Gasteiger partial charge on any atom is -0.388 e. The second-order valence-corrected chi connectivity index (χ2v) is 10.0. The zero-order valence-electron chi connectivity index (χ0n) is 20.9. The molecule has 35 heavy (non-hydrogen) atoms. The standard InChI is InChI=1S/C27H39FN4O3/c1-19(17-34-2)31-21-6-8-22(9-7-21)32-26-15-24(25(28)16-29-26)20-4-3-5-23(14-20)30-18-27(33)10-12-35-13-11-27/h3-5,14-16,19,21-22,30-31,33H,6-13,17-18H2,1-2H3,(H,29,32)/t19-,21-,22-/m1/s1. The van der Waals surface area contributed by atoms with Crippen molar-refractivity contribution in [2.45, 2.75) is 69.2 Å². The van der Waals surface area contributed by atoms with Crippen molar-refractivity contribution < 1.29 is 19.0 Å². The van der Waals surface area contributed by atoms with Crippen molar-refractivity contribution in [3.63, 3.8) is 0 Å². The van der Waals surface area contributed by atoms with E-state index < -0.39 is 5.60 Å². The highest BCUT2D eigenvalue weighted by Gasteiger charge is 2.29.